The zero-order chi connectivity index (χ0) is 11.5. The van der Waals surface area contributed by atoms with Gasteiger partial charge in [-0.3, -0.25) is 0 Å². The van der Waals surface area contributed by atoms with Gasteiger partial charge in [0.15, 0.2) is 5.13 Å². The van der Waals surface area contributed by atoms with E-state index in [-0.39, 0.29) is 0 Å². The van der Waals surface area contributed by atoms with Crippen LogP contribution in [0.4, 0.5) is 13.9 Å². The van der Waals surface area contributed by atoms with Crippen LogP contribution in [0.3, 0.4) is 0 Å². The van der Waals surface area contributed by atoms with Crippen LogP contribution in [0.15, 0.2) is 34.5 Å². The molecular weight excluding hydrogens is 250 g/mol. The molecule has 2 N–H and O–H groups in total. The normalized spacial score (nSPS) is 10.9. The zero-order valence-electron chi connectivity index (χ0n) is 8.06. The Labute approximate surface area is 99.5 Å². The summed E-state index contributed by atoms with van der Waals surface area (Å²) in [5, 5.41) is 2.28. The van der Waals surface area contributed by atoms with E-state index in [1.165, 1.54) is 11.3 Å². The Balaban J connectivity index is 2.28. The van der Waals surface area contributed by atoms with Crippen LogP contribution in [0.5, 0.6) is 0 Å². The van der Waals surface area contributed by atoms with E-state index in [1.807, 2.05) is 11.4 Å². The van der Waals surface area contributed by atoms with Crippen LogP contribution in [-0.4, -0.2) is 10.7 Å². The highest BCUT2D eigenvalue weighted by Gasteiger charge is 2.07. The van der Waals surface area contributed by atoms with Crippen molar-refractivity contribution >= 4 is 28.2 Å². The number of hydrogen-bond donors (Lipinski definition) is 1. The van der Waals surface area contributed by atoms with Crippen molar-refractivity contribution in [2.45, 2.75) is 10.7 Å². The second-order valence-electron chi connectivity index (χ2n) is 2.98. The van der Waals surface area contributed by atoms with Crippen molar-refractivity contribution in [3.63, 3.8) is 0 Å². The summed E-state index contributed by atoms with van der Waals surface area (Å²) >= 11 is 1.86. The van der Waals surface area contributed by atoms with Crippen LogP contribution in [0, 0.1) is 0 Å². The minimum Gasteiger partial charge on any atom is -0.375 e. The van der Waals surface area contributed by atoms with Crippen LogP contribution >= 0.6 is 23.1 Å². The van der Waals surface area contributed by atoms with Gasteiger partial charge < -0.3 is 5.73 Å². The minimum absolute atomic E-state index is 0.474. The van der Waals surface area contributed by atoms with E-state index >= 15 is 0 Å². The molecule has 0 saturated carbocycles. The first-order valence-electron chi connectivity index (χ1n) is 4.41. The van der Waals surface area contributed by atoms with Gasteiger partial charge in [0, 0.05) is 15.8 Å². The van der Waals surface area contributed by atoms with E-state index in [1.54, 1.807) is 18.2 Å². The molecule has 0 saturated heterocycles. The molecule has 2 nitrogen and oxygen atoms in total. The molecule has 0 amide bonds. The second-order valence-corrected chi connectivity index (χ2v) is 4.93. The van der Waals surface area contributed by atoms with Gasteiger partial charge in [-0.15, -0.1) is 11.3 Å². The average Bonchev–Trinajstić information content (AvgIpc) is 2.64. The zero-order valence-corrected chi connectivity index (χ0v) is 9.69. The molecule has 2 rings (SSSR count). The quantitative estimate of drug-likeness (QED) is 0.853. The number of thioether (sulfide) groups is 1. The largest absolute Gasteiger partial charge is 0.375 e. The maximum Gasteiger partial charge on any atom is 0.288 e. The van der Waals surface area contributed by atoms with Crippen molar-refractivity contribution in [1.29, 1.82) is 0 Å². The van der Waals surface area contributed by atoms with Gasteiger partial charge in [0.05, 0.1) is 5.69 Å². The number of nitrogens with two attached hydrogens (primary N) is 1. The van der Waals surface area contributed by atoms with E-state index in [0.29, 0.717) is 21.8 Å². The Morgan fingerprint density at radius 2 is 2.19 bits per heavy atom. The number of thiazole rings is 1. The van der Waals surface area contributed by atoms with Crippen molar-refractivity contribution in [1.82, 2.24) is 4.98 Å². The summed E-state index contributed by atoms with van der Waals surface area (Å²) in [6.45, 7) is 0. The number of hydrogen-bond acceptors (Lipinski definition) is 4. The first-order chi connectivity index (χ1) is 7.65. The molecule has 0 fully saturated rings. The molecule has 0 bridgehead atoms. The smallest absolute Gasteiger partial charge is 0.288 e. The number of nitrogen functional groups attached to an aromatic ring is 1. The van der Waals surface area contributed by atoms with Crippen molar-refractivity contribution in [3.05, 3.63) is 29.6 Å². The van der Waals surface area contributed by atoms with E-state index < -0.39 is 5.76 Å². The van der Waals surface area contributed by atoms with Gasteiger partial charge in [-0.1, -0.05) is 23.9 Å². The molecule has 0 spiro atoms. The molecule has 1 heterocycles. The molecule has 0 aliphatic heterocycles. The summed E-state index contributed by atoms with van der Waals surface area (Å²) in [6, 6.07) is 6.89. The summed E-state index contributed by atoms with van der Waals surface area (Å²) in [4.78, 5) is 4.63. The van der Waals surface area contributed by atoms with Crippen LogP contribution in [0.1, 0.15) is 0 Å². The summed E-state index contributed by atoms with van der Waals surface area (Å²) < 4.78 is 24.4. The third-order valence-corrected chi connectivity index (χ3v) is 3.26. The van der Waals surface area contributed by atoms with Gasteiger partial charge in [-0.05, 0) is 12.1 Å². The number of alkyl halides is 2. The minimum atomic E-state index is -2.41. The first-order valence-corrected chi connectivity index (χ1v) is 6.17. The molecular formula is C10H8F2N2S2. The van der Waals surface area contributed by atoms with Gasteiger partial charge in [0.2, 0.25) is 0 Å². The number of benzene rings is 1. The third-order valence-electron chi connectivity index (χ3n) is 1.88. The highest BCUT2D eigenvalue weighted by atomic mass is 32.2. The summed E-state index contributed by atoms with van der Waals surface area (Å²) in [7, 11) is 0. The molecule has 1 aromatic carbocycles. The number of rotatable bonds is 3. The van der Waals surface area contributed by atoms with Crippen molar-refractivity contribution in [3.8, 4) is 11.3 Å². The topological polar surface area (TPSA) is 38.9 Å². The number of halogens is 2. The monoisotopic (exact) mass is 258 g/mol. The predicted molar refractivity (Wildman–Crippen MR) is 63.8 cm³/mol. The molecule has 0 radical (unpaired) electrons. The highest BCUT2D eigenvalue weighted by molar-refractivity contribution is 7.99. The third kappa shape index (κ3) is 2.70. The highest BCUT2D eigenvalue weighted by Crippen LogP contribution is 2.30. The average molecular weight is 258 g/mol. The van der Waals surface area contributed by atoms with Gasteiger partial charge in [0.1, 0.15) is 0 Å². The molecule has 2 aromatic rings. The second kappa shape index (κ2) is 4.80. The first kappa shape index (κ1) is 11.3. The number of anilines is 1. The fourth-order valence-corrected chi connectivity index (χ4v) is 2.38. The molecule has 0 aliphatic carbocycles. The molecule has 0 atom stereocenters. The number of nitrogens with zero attached hydrogens (tertiary/aromatic N) is 1. The fourth-order valence-electron chi connectivity index (χ4n) is 1.25. The summed E-state index contributed by atoms with van der Waals surface area (Å²) in [5.74, 6) is -2.41. The van der Waals surface area contributed by atoms with E-state index in [4.69, 9.17) is 5.73 Å². The van der Waals surface area contributed by atoms with Gasteiger partial charge in [0.25, 0.3) is 5.76 Å². The number of aromatic nitrogens is 1. The predicted octanol–water partition coefficient (Wildman–Crippen LogP) is 3.71. The fraction of sp³-hybridized carbons (Fsp3) is 0.100. The molecule has 0 unspecified atom stereocenters. The van der Waals surface area contributed by atoms with Crippen molar-refractivity contribution in [2.24, 2.45) is 0 Å². The van der Waals surface area contributed by atoms with Gasteiger partial charge in [-0.2, -0.15) is 8.78 Å². The van der Waals surface area contributed by atoms with Crippen LogP contribution in [0.25, 0.3) is 11.3 Å². The lowest BCUT2D eigenvalue weighted by Crippen LogP contribution is -1.85. The Morgan fingerprint density at radius 1 is 1.38 bits per heavy atom. The Kier molecular flexibility index (Phi) is 3.40. The van der Waals surface area contributed by atoms with Crippen LogP contribution in [-0.2, 0) is 0 Å². The van der Waals surface area contributed by atoms with Crippen molar-refractivity contribution in [2.75, 3.05) is 5.73 Å². The maximum atomic E-state index is 12.2. The standard InChI is InChI=1S/C10H8F2N2S2/c11-9(12)16-7-3-1-2-6(4-7)8-5-15-10(13)14-8/h1-5,9H,(H2,13,14). The lowest BCUT2D eigenvalue weighted by atomic mass is 10.2. The summed E-state index contributed by atoms with van der Waals surface area (Å²) in [6.07, 6.45) is 0. The SMILES string of the molecule is Nc1nc(-c2cccc(SC(F)F)c2)cs1. The van der Waals surface area contributed by atoms with Crippen molar-refractivity contribution < 1.29 is 8.78 Å². The molecule has 0 aliphatic rings. The maximum absolute atomic E-state index is 12.2. The Bertz CT molecular complexity index is 485. The Hall–Kier alpha value is -1.14. The Morgan fingerprint density at radius 3 is 2.81 bits per heavy atom. The van der Waals surface area contributed by atoms with Gasteiger partial charge >= 0.3 is 0 Å². The van der Waals surface area contributed by atoms with E-state index in [9.17, 15) is 8.78 Å². The summed E-state index contributed by atoms with van der Waals surface area (Å²) in [5.41, 5.74) is 7.04. The molecule has 1 aromatic heterocycles. The molecule has 6 heteroatoms. The van der Waals surface area contributed by atoms with E-state index in [0.717, 1.165) is 11.3 Å². The van der Waals surface area contributed by atoms with Crippen LogP contribution in [0.2, 0.25) is 0 Å². The lowest BCUT2D eigenvalue weighted by molar-refractivity contribution is 0.252. The molecule has 16 heavy (non-hydrogen) atoms. The van der Waals surface area contributed by atoms with Gasteiger partial charge in [-0.25, -0.2) is 4.98 Å². The van der Waals surface area contributed by atoms with Crippen LogP contribution < -0.4 is 5.73 Å². The van der Waals surface area contributed by atoms with E-state index in [2.05, 4.69) is 4.98 Å². The molecule has 84 valence electrons. The lowest BCUT2D eigenvalue weighted by Gasteiger charge is -2.02.